The number of nitrogens with zero attached hydrogens (tertiary/aromatic N) is 2. The number of esters is 1. The predicted molar refractivity (Wildman–Crippen MR) is 86.8 cm³/mol. The molecule has 22 heavy (non-hydrogen) atoms. The van der Waals surface area contributed by atoms with Gasteiger partial charge < -0.3 is 4.74 Å². The third-order valence-electron chi connectivity index (χ3n) is 3.10. The zero-order valence-electron chi connectivity index (χ0n) is 13.1. The number of hydrogen-bond acceptors (Lipinski definition) is 5. The lowest BCUT2D eigenvalue weighted by atomic mass is 10.1. The Labute approximate surface area is 135 Å². The minimum absolute atomic E-state index is 0.00457. The van der Waals surface area contributed by atoms with E-state index in [1.807, 2.05) is 17.5 Å². The average Bonchev–Trinajstić information content (AvgIpc) is 2.97. The van der Waals surface area contributed by atoms with Crippen LogP contribution in [-0.4, -0.2) is 25.0 Å². The largest absolute Gasteiger partial charge is 0.466 e. The van der Waals surface area contributed by atoms with Crippen molar-refractivity contribution in [2.45, 2.75) is 46.0 Å². The molecule has 0 bridgehead atoms. The van der Waals surface area contributed by atoms with Gasteiger partial charge >= 0.3 is 5.97 Å². The first-order valence-corrected chi connectivity index (χ1v) is 8.40. The van der Waals surface area contributed by atoms with Gasteiger partial charge in [-0.05, 0) is 36.8 Å². The molecule has 6 heteroatoms. The number of carbonyl (C=O) groups is 2. The summed E-state index contributed by atoms with van der Waals surface area (Å²) in [5.41, 5.74) is 1.18. The molecule has 1 amide bonds. The number of nitriles is 1. The van der Waals surface area contributed by atoms with Crippen molar-refractivity contribution in [3.63, 3.8) is 0 Å². The molecule has 0 aliphatic rings. The number of thiophene rings is 1. The highest BCUT2D eigenvalue weighted by atomic mass is 32.1. The van der Waals surface area contributed by atoms with Crippen molar-refractivity contribution in [2.75, 3.05) is 18.1 Å². The van der Waals surface area contributed by atoms with Gasteiger partial charge in [-0.25, -0.2) is 0 Å². The van der Waals surface area contributed by atoms with Crippen LogP contribution in [0.1, 0.15) is 45.1 Å². The highest BCUT2D eigenvalue weighted by molar-refractivity contribution is 7.14. The van der Waals surface area contributed by atoms with E-state index in [1.54, 1.807) is 6.92 Å². The van der Waals surface area contributed by atoms with Crippen molar-refractivity contribution in [1.29, 1.82) is 5.26 Å². The summed E-state index contributed by atoms with van der Waals surface area (Å²) in [5, 5.41) is 11.7. The summed E-state index contributed by atoms with van der Waals surface area (Å²) >= 11 is 1.46. The number of hydrogen-bond donors (Lipinski definition) is 0. The van der Waals surface area contributed by atoms with Crippen molar-refractivity contribution in [2.24, 2.45) is 0 Å². The van der Waals surface area contributed by atoms with Crippen LogP contribution in [0.3, 0.4) is 0 Å². The van der Waals surface area contributed by atoms with Crippen molar-refractivity contribution < 1.29 is 14.3 Å². The van der Waals surface area contributed by atoms with Gasteiger partial charge in [-0.15, -0.1) is 11.3 Å². The molecule has 0 aromatic carbocycles. The number of rotatable bonds is 9. The lowest BCUT2D eigenvalue weighted by molar-refractivity contribution is -0.144. The molecule has 1 rings (SSSR count). The van der Waals surface area contributed by atoms with Gasteiger partial charge in [0.25, 0.3) is 0 Å². The van der Waals surface area contributed by atoms with Gasteiger partial charge in [0, 0.05) is 6.42 Å². The fourth-order valence-corrected chi connectivity index (χ4v) is 2.92. The predicted octanol–water partition coefficient (Wildman–Crippen LogP) is 3.29. The molecule has 0 aliphatic carbocycles. The van der Waals surface area contributed by atoms with Gasteiger partial charge in [-0.2, -0.15) is 5.26 Å². The second kappa shape index (κ2) is 9.96. The molecule has 5 nitrogen and oxygen atoms in total. The number of aryl methyl sites for hydroxylation is 1. The van der Waals surface area contributed by atoms with Gasteiger partial charge in [-0.3, -0.25) is 14.5 Å². The van der Waals surface area contributed by atoms with Crippen molar-refractivity contribution in [1.82, 2.24) is 0 Å². The summed E-state index contributed by atoms with van der Waals surface area (Å²) in [6, 6.07) is 3.97. The van der Waals surface area contributed by atoms with Gasteiger partial charge in [0.2, 0.25) is 5.91 Å². The summed E-state index contributed by atoms with van der Waals surface area (Å²) in [6.45, 7) is 4.16. The van der Waals surface area contributed by atoms with E-state index < -0.39 is 0 Å². The van der Waals surface area contributed by atoms with Crippen molar-refractivity contribution in [3.8, 4) is 6.07 Å². The lowest BCUT2D eigenvalue weighted by Gasteiger charge is -2.17. The van der Waals surface area contributed by atoms with Crippen LogP contribution in [0, 0.1) is 11.3 Å². The molecule has 0 saturated carbocycles. The van der Waals surface area contributed by atoms with Crippen LogP contribution in [0.25, 0.3) is 0 Å². The van der Waals surface area contributed by atoms with Crippen LogP contribution in [0.2, 0.25) is 0 Å². The van der Waals surface area contributed by atoms with Crippen LogP contribution in [0.4, 0.5) is 5.00 Å². The van der Waals surface area contributed by atoms with E-state index in [-0.39, 0.29) is 31.3 Å². The summed E-state index contributed by atoms with van der Waals surface area (Å²) < 4.78 is 4.81. The molecule has 0 fully saturated rings. The molecule has 1 aromatic rings. The Morgan fingerprint density at radius 1 is 1.36 bits per heavy atom. The first-order chi connectivity index (χ1) is 10.6. The van der Waals surface area contributed by atoms with Crippen molar-refractivity contribution >= 4 is 28.2 Å². The second-order valence-corrected chi connectivity index (χ2v) is 5.73. The fraction of sp³-hybridized carbons (Fsp3) is 0.562. The maximum atomic E-state index is 12.2. The summed E-state index contributed by atoms with van der Waals surface area (Å²) in [7, 11) is 0. The molecule has 0 aliphatic heterocycles. The quantitative estimate of drug-likeness (QED) is 0.516. The van der Waals surface area contributed by atoms with E-state index in [1.165, 1.54) is 21.8 Å². The van der Waals surface area contributed by atoms with Crippen LogP contribution in [-0.2, 0) is 20.7 Å². The highest BCUT2D eigenvalue weighted by Gasteiger charge is 2.18. The lowest BCUT2D eigenvalue weighted by Crippen LogP contribution is -2.31. The Hall–Kier alpha value is -1.87. The maximum absolute atomic E-state index is 12.2. The minimum atomic E-state index is -0.387. The maximum Gasteiger partial charge on any atom is 0.306 e. The number of amides is 1. The Kier molecular flexibility index (Phi) is 8.23. The normalized spacial score (nSPS) is 10.0. The molecule has 120 valence electrons. The molecular formula is C16H22N2O3S. The minimum Gasteiger partial charge on any atom is -0.466 e. The van der Waals surface area contributed by atoms with E-state index >= 15 is 0 Å². The monoisotopic (exact) mass is 322 g/mol. The number of unbranched alkanes of at least 4 members (excludes halogenated alkanes) is 1. The Bertz CT molecular complexity index is 534. The molecule has 0 radical (unpaired) electrons. The number of ether oxygens (including phenoxy) is 1. The van der Waals surface area contributed by atoms with Crippen LogP contribution in [0.15, 0.2) is 11.4 Å². The fourth-order valence-electron chi connectivity index (χ4n) is 1.95. The molecule has 0 unspecified atom stereocenters. The standard InChI is InChI=1S/C16H22N2O3S/c1-3-5-6-13-11-15(22-12-13)18(10-9-17)14(19)7-8-16(20)21-4-2/h11-12H,3-8,10H2,1-2H3. The first kappa shape index (κ1) is 18.2. The number of anilines is 1. The van der Waals surface area contributed by atoms with Gasteiger partial charge in [-0.1, -0.05) is 13.3 Å². The Morgan fingerprint density at radius 2 is 2.14 bits per heavy atom. The topological polar surface area (TPSA) is 70.4 Å². The van der Waals surface area contributed by atoms with E-state index in [9.17, 15) is 9.59 Å². The SMILES string of the molecule is CCCCc1csc(N(CC#N)C(=O)CCC(=O)OCC)c1. The molecule has 0 spiro atoms. The summed E-state index contributed by atoms with van der Waals surface area (Å²) in [4.78, 5) is 25.0. The molecule has 0 N–H and O–H groups in total. The van der Waals surface area contributed by atoms with Crippen molar-refractivity contribution in [3.05, 3.63) is 17.0 Å². The Morgan fingerprint density at radius 3 is 2.77 bits per heavy atom. The molecule has 1 heterocycles. The second-order valence-electron chi connectivity index (χ2n) is 4.84. The average molecular weight is 322 g/mol. The summed E-state index contributed by atoms with van der Waals surface area (Å²) in [5.74, 6) is -0.610. The van der Waals surface area contributed by atoms with Crippen LogP contribution in [0.5, 0.6) is 0 Å². The zero-order chi connectivity index (χ0) is 16.4. The van der Waals surface area contributed by atoms with Crippen LogP contribution >= 0.6 is 11.3 Å². The van der Waals surface area contributed by atoms with E-state index in [0.717, 1.165) is 24.3 Å². The molecule has 0 saturated heterocycles. The third kappa shape index (κ3) is 5.86. The number of carbonyl (C=O) groups excluding carboxylic acids is 2. The van der Waals surface area contributed by atoms with Gasteiger partial charge in [0.1, 0.15) is 6.54 Å². The van der Waals surface area contributed by atoms with Gasteiger partial charge in [0.15, 0.2) is 0 Å². The van der Waals surface area contributed by atoms with Crippen LogP contribution < -0.4 is 4.90 Å². The smallest absolute Gasteiger partial charge is 0.306 e. The third-order valence-corrected chi connectivity index (χ3v) is 4.10. The van der Waals surface area contributed by atoms with E-state index in [4.69, 9.17) is 10.00 Å². The molecule has 0 atom stereocenters. The summed E-state index contributed by atoms with van der Waals surface area (Å²) in [6.07, 6.45) is 3.30. The van der Waals surface area contributed by atoms with Gasteiger partial charge in [0.05, 0.1) is 24.1 Å². The molecule has 1 aromatic heterocycles. The zero-order valence-corrected chi connectivity index (χ0v) is 13.9. The van der Waals surface area contributed by atoms with E-state index in [0.29, 0.717) is 6.61 Å². The molecular weight excluding hydrogens is 300 g/mol. The first-order valence-electron chi connectivity index (χ1n) is 7.52. The Balaban J connectivity index is 2.67. The van der Waals surface area contributed by atoms with E-state index in [2.05, 4.69) is 6.92 Å². The highest BCUT2D eigenvalue weighted by Crippen LogP contribution is 2.26.